The second kappa shape index (κ2) is 15.2. The summed E-state index contributed by atoms with van der Waals surface area (Å²) in [6.07, 6.45) is 4.21. The highest BCUT2D eigenvalue weighted by atomic mass is 35.5. The van der Waals surface area contributed by atoms with Gasteiger partial charge in [0.25, 0.3) is 0 Å². The number of carbonyl (C=O) groups excluding carboxylic acids is 1. The average Bonchev–Trinajstić information content (AvgIpc) is 2.99. The molecule has 4 N–H and O–H groups in total. The highest BCUT2D eigenvalue weighted by Gasteiger charge is 2.29. The number of aromatic nitrogens is 1. The average molecular weight is 656 g/mol. The standard InChI is InChI=1S/C32H34FN5O5S.ClH/c1-44(41,42)37-26-10-14-28(15-11-26)43-27-12-4-22(5-13-27)21-38-19-16-25(17-20-38)35-31(30-29(39)3-2-18-34-30)32(40)36-24-8-6-23(33)7-9-24;/h2-15,18,25,31,35,37,39H,16-17,19-21H2,1H3,(H,36,40);1H. The van der Waals surface area contributed by atoms with Crippen molar-refractivity contribution in [3.05, 3.63) is 108 Å². The molecule has 238 valence electrons. The van der Waals surface area contributed by atoms with Gasteiger partial charge in [0, 0.05) is 30.2 Å². The number of likely N-dealkylation sites (tertiary alicyclic amines) is 1. The van der Waals surface area contributed by atoms with E-state index in [1.165, 1.54) is 36.5 Å². The van der Waals surface area contributed by atoms with Crippen molar-refractivity contribution in [1.29, 1.82) is 0 Å². The second-order valence-electron chi connectivity index (χ2n) is 10.7. The number of anilines is 2. The van der Waals surface area contributed by atoms with Crippen molar-refractivity contribution in [3.8, 4) is 17.2 Å². The number of ether oxygens (including phenoxy) is 1. The molecule has 0 radical (unpaired) electrons. The summed E-state index contributed by atoms with van der Waals surface area (Å²) in [6.45, 7) is 2.38. The van der Waals surface area contributed by atoms with E-state index in [0.29, 0.717) is 22.9 Å². The van der Waals surface area contributed by atoms with Gasteiger partial charge in [-0.3, -0.25) is 24.7 Å². The van der Waals surface area contributed by atoms with Gasteiger partial charge in [0.05, 0.1) is 6.26 Å². The summed E-state index contributed by atoms with van der Waals surface area (Å²) in [5.74, 6) is 0.393. The summed E-state index contributed by atoms with van der Waals surface area (Å²) < 4.78 is 44.4. The van der Waals surface area contributed by atoms with Crippen molar-refractivity contribution in [3.63, 3.8) is 0 Å². The van der Waals surface area contributed by atoms with Crippen molar-refractivity contribution < 1.29 is 27.4 Å². The van der Waals surface area contributed by atoms with Crippen LogP contribution in [0.2, 0.25) is 0 Å². The first-order chi connectivity index (χ1) is 21.1. The van der Waals surface area contributed by atoms with E-state index < -0.39 is 27.8 Å². The summed E-state index contributed by atoms with van der Waals surface area (Å²) in [7, 11) is -3.34. The number of hydrogen-bond acceptors (Lipinski definition) is 8. The van der Waals surface area contributed by atoms with Crippen molar-refractivity contribution >= 4 is 39.7 Å². The zero-order valence-corrected chi connectivity index (χ0v) is 26.2. The number of carbonyl (C=O) groups is 1. The highest BCUT2D eigenvalue weighted by Crippen LogP contribution is 2.27. The van der Waals surface area contributed by atoms with E-state index in [1.807, 2.05) is 24.3 Å². The van der Waals surface area contributed by atoms with Crippen molar-refractivity contribution in [1.82, 2.24) is 15.2 Å². The third-order valence-corrected chi connectivity index (χ3v) is 7.78. The lowest BCUT2D eigenvalue weighted by atomic mass is 10.0. The third-order valence-electron chi connectivity index (χ3n) is 7.18. The minimum atomic E-state index is -3.34. The van der Waals surface area contributed by atoms with Gasteiger partial charge in [0.15, 0.2) is 0 Å². The topological polar surface area (TPSA) is 133 Å². The second-order valence-corrected chi connectivity index (χ2v) is 12.4. The quantitative estimate of drug-likeness (QED) is 0.168. The van der Waals surface area contributed by atoms with Crippen molar-refractivity contribution in [2.24, 2.45) is 0 Å². The zero-order chi connectivity index (χ0) is 31.1. The Balaban J connectivity index is 0.00000461. The summed E-state index contributed by atoms with van der Waals surface area (Å²) in [5.41, 5.74) is 2.28. The number of nitrogens with zero attached hydrogens (tertiary/aromatic N) is 2. The smallest absolute Gasteiger partial charge is 0.247 e. The molecule has 1 saturated heterocycles. The number of halogens is 2. The maximum atomic E-state index is 13.3. The van der Waals surface area contributed by atoms with E-state index in [-0.39, 0.29) is 29.9 Å². The third kappa shape index (κ3) is 9.88. The van der Waals surface area contributed by atoms with Crippen LogP contribution in [0.1, 0.15) is 30.1 Å². The van der Waals surface area contributed by atoms with Gasteiger partial charge in [-0.2, -0.15) is 0 Å². The molecule has 1 aliphatic rings. The Hall–Kier alpha value is -4.23. The van der Waals surface area contributed by atoms with Crippen LogP contribution in [0, 0.1) is 5.82 Å². The number of piperidine rings is 1. The largest absolute Gasteiger partial charge is 0.506 e. The molecule has 5 rings (SSSR count). The molecule has 10 nitrogen and oxygen atoms in total. The Morgan fingerprint density at radius 3 is 2.18 bits per heavy atom. The molecule has 0 aliphatic carbocycles. The summed E-state index contributed by atoms with van der Waals surface area (Å²) in [4.78, 5) is 19.9. The molecule has 4 aromatic rings. The van der Waals surface area contributed by atoms with Crippen LogP contribution in [0.3, 0.4) is 0 Å². The Bertz CT molecular complexity index is 1670. The fraction of sp³-hybridized carbons (Fsp3) is 0.250. The SMILES string of the molecule is CS(=O)(=O)Nc1ccc(Oc2ccc(CN3CCC(NC(C(=O)Nc4ccc(F)cc4)c4ncccc4O)CC3)cc2)cc1.Cl. The first-order valence-corrected chi connectivity index (χ1v) is 16.0. The minimum absolute atomic E-state index is 0. The molecule has 1 unspecified atom stereocenters. The Morgan fingerprint density at radius 1 is 0.978 bits per heavy atom. The van der Waals surface area contributed by atoms with Gasteiger partial charge in [0.1, 0.15) is 34.8 Å². The maximum Gasteiger partial charge on any atom is 0.247 e. The fourth-order valence-electron chi connectivity index (χ4n) is 5.01. The first-order valence-electron chi connectivity index (χ1n) is 14.1. The lowest BCUT2D eigenvalue weighted by Gasteiger charge is -2.34. The first kappa shape index (κ1) is 33.7. The van der Waals surface area contributed by atoms with Crippen LogP contribution in [-0.2, 0) is 21.4 Å². The Kier molecular flexibility index (Phi) is 11.3. The predicted octanol–water partition coefficient (Wildman–Crippen LogP) is 5.45. The van der Waals surface area contributed by atoms with Gasteiger partial charge in [-0.15, -0.1) is 12.4 Å². The fourth-order valence-corrected chi connectivity index (χ4v) is 5.58. The maximum absolute atomic E-state index is 13.3. The molecule has 13 heteroatoms. The Morgan fingerprint density at radius 2 is 1.58 bits per heavy atom. The molecule has 3 aromatic carbocycles. The number of benzene rings is 3. The van der Waals surface area contributed by atoms with E-state index in [1.54, 1.807) is 30.3 Å². The number of nitrogens with one attached hydrogen (secondary N) is 3. The van der Waals surface area contributed by atoms with Crippen LogP contribution in [-0.4, -0.2) is 54.7 Å². The van der Waals surface area contributed by atoms with E-state index in [9.17, 15) is 22.7 Å². The molecule has 1 fully saturated rings. The zero-order valence-electron chi connectivity index (χ0n) is 24.5. The van der Waals surface area contributed by atoms with Gasteiger partial charge < -0.3 is 15.2 Å². The number of hydrogen-bond donors (Lipinski definition) is 4. The summed E-state index contributed by atoms with van der Waals surface area (Å²) in [6, 6.07) is 22.2. The minimum Gasteiger partial charge on any atom is -0.506 e. The molecule has 1 amide bonds. The molecule has 2 heterocycles. The van der Waals surface area contributed by atoms with Gasteiger partial charge in [-0.1, -0.05) is 12.1 Å². The van der Waals surface area contributed by atoms with Gasteiger partial charge >= 0.3 is 0 Å². The summed E-state index contributed by atoms with van der Waals surface area (Å²) in [5, 5.41) is 16.6. The number of aromatic hydroxyl groups is 1. The molecule has 1 atom stereocenters. The van der Waals surface area contributed by atoms with Crippen LogP contribution >= 0.6 is 12.4 Å². The molecule has 1 aliphatic heterocycles. The number of sulfonamides is 1. The predicted molar refractivity (Wildman–Crippen MR) is 174 cm³/mol. The molecular weight excluding hydrogens is 621 g/mol. The van der Waals surface area contributed by atoms with Gasteiger partial charge in [-0.25, -0.2) is 12.8 Å². The molecule has 0 bridgehead atoms. The van der Waals surface area contributed by atoms with Crippen LogP contribution in [0.5, 0.6) is 17.2 Å². The lowest BCUT2D eigenvalue weighted by Crippen LogP contribution is -2.46. The van der Waals surface area contributed by atoms with E-state index in [2.05, 4.69) is 25.2 Å². The highest BCUT2D eigenvalue weighted by molar-refractivity contribution is 7.92. The van der Waals surface area contributed by atoms with Crippen LogP contribution in [0.4, 0.5) is 15.8 Å². The van der Waals surface area contributed by atoms with Crippen molar-refractivity contribution in [2.75, 3.05) is 29.4 Å². The molecule has 1 aromatic heterocycles. The van der Waals surface area contributed by atoms with E-state index >= 15 is 0 Å². The van der Waals surface area contributed by atoms with Crippen LogP contribution in [0.25, 0.3) is 0 Å². The lowest BCUT2D eigenvalue weighted by molar-refractivity contribution is -0.118. The molecule has 45 heavy (non-hydrogen) atoms. The van der Waals surface area contributed by atoms with E-state index in [0.717, 1.165) is 44.3 Å². The monoisotopic (exact) mass is 655 g/mol. The van der Waals surface area contributed by atoms with E-state index in [4.69, 9.17) is 4.74 Å². The van der Waals surface area contributed by atoms with Gasteiger partial charge in [0.2, 0.25) is 15.9 Å². The van der Waals surface area contributed by atoms with Crippen LogP contribution < -0.4 is 20.1 Å². The number of rotatable bonds is 11. The number of amides is 1. The molecule has 0 spiro atoms. The van der Waals surface area contributed by atoms with Crippen LogP contribution in [0.15, 0.2) is 91.1 Å². The summed E-state index contributed by atoms with van der Waals surface area (Å²) >= 11 is 0. The normalized spacial score (nSPS) is 14.6. The Labute approximate surface area is 268 Å². The van der Waals surface area contributed by atoms with Crippen molar-refractivity contribution in [2.45, 2.75) is 31.5 Å². The van der Waals surface area contributed by atoms with Gasteiger partial charge in [-0.05, 0) is 104 Å². The molecular formula is C32H35ClFN5O5S. The number of pyridine rings is 1. The molecule has 0 saturated carbocycles.